The molecule has 0 N–H and O–H groups in total. The molecule has 296 valence electrons. The highest BCUT2D eigenvalue weighted by molar-refractivity contribution is 5.99. The van der Waals surface area contributed by atoms with Gasteiger partial charge in [0.25, 0.3) is 0 Å². The molecule has 1 fully saturated rings. The smallest absolute Gasteiger partial charge is 0.0540 e. The van der Waals surface area contributed by atoms with Crippen molar-refractivity contribution in [1.82, 2.24) is 0 Å². The molecule has 0 aromatic heterocycles. The maximum Gasteiger partial charge on any atom is 0.0540 e. The number of benzene rings is 8. The first-order chi connectivity index (χ1) is 29.8. The Labute approximate surface area is 361 Å². The van der Waals surface area contributed by atoms with Gasteiger partial charge in [0.05, 0.1) is 5.69 Å². The normalized spacial score (nSPS) is 16.6. The first kappa shape index (κ1) is 36.4. The molecule has 8 aromatic rings. The minimum absolute atomic E-state index is 0.0435. The van der Waals surface area contributed by atoms with E-state index in [-0.39, 0.29) is 16.2 Å². The molecule has 0 heterocycles. The lowest BCUT2D eigenvalue weighted by molar-refractivity contribution is 0.353. The zero-order valence-electron chi connectivity index (χ0n) is 35.7. The van der Waals surface area contributed by atoms with Crippen LogP contribution >= 0.6 is 0 Å². The van der Waals surface area contributed by atoms with Crippen LogP contribution in [0.25, 0.3) is 55.6 Å². The maximum absolute atomic E-state index is 2.53. The number of anilines is 3. The van der Waals surface area contributed by atoms with Crippen LogP contribution in [0.1, 0.15) is 93.2 Å². The number of hydrogen-bond acceptors (Lipinski definition) is 1. The third kappa shape index (κ3) is 5.19. The maximum atomic E-state index is 2.53. The van der Waals surface area contributed by atoms with Gasteiger partial charge in [0, 0.05) is 33.2 Å². The van der Waals surface area contributed by atoms with Crippen molar-refractivity contribution >= 4 is 17.1 Å². The van der Waals surface area contributed by atoms with E-state index < -0.39 is 0 Å². The topological polar surface area (TPSA) is 3.24 Å². The Kier molecular flexibility index (Phi) is 7.93. The molecule has 0 saturated heterocycles. The first-order valence-electron chi connectivity index (χ1n) is 22.5. The summed E-state index contributed by atoms with van der Waals surface area (Å²) in [7, 11) is 0. The van der Waals surface area contributed by atoms with E-state index in [1.807, 2.05) is 0 Å². The van der Waals surface area contributed by atoms with E-state index in [9.17, 15) is 0 Å². The summed E-state index contributed by atoms with van der Waals surface area (Å²) in [5, 5.41) is 0. The van der Waals surface area contributed by atoms with Gasteiger partial charge in [-0.3, -0.25) is 0 Å². The molecule has 1 heteroatoms. The van der Waals surface area contributed by atoms with Gasteiger partial charge < -0.3 is 4.90 Å². The van der Waals surface area contributed by atoms with Crippen molar-refractivity contribution in [2.24, 2.45) is 0 Å². The summed E-state index contributed by atoms with van der Waals surface area (Å²) < 4.78 is 0. The molecule has 0 atom stereocenters. The molecule has 8 aromatic carbocycles. The molecule has 0 bridgehead atoms. The second kappa shape index (κ2) is 13.3. The van der Waals surface area contributed by atoms with E-state index in [4.69, 9.17) is 0 Å². The molecule has 0 radical (unpaired) electrons. The van der Waals surface area contributed by atoms with Crippen LogP contribution < -0.4 is 4.90 Å². The molecule has 1 saturated carbocycles. The standard InChI is InChI=1S/C60H51N/c1-58(2)51-23-11-8-20-48(51)57-47(21-16-25-54(57)58)46-19-9-13-26-56(46)61(42-32-34-53-49(38-42)44-18-7-12-24-52(44)60(53)35-14-5-15-36-60)41-30-27-39(28-31-41)40-29-33-45-43-17-6-10-22-50(43)59(3,4)55(45)37-40/h6-13,16-34,37-38H,5,14-15,35-36H2,1-4H3. The second-order valence-electron chi connectivity index (χ2n) is 19.1. The summed E-state index contributed by atoms with van der Waals surface area (Å²) in [6.45, 7) is 9.49. The zero-order valence-corrected chi connectivity index (χ0v) is 35.7. The van der Waals surface area contributed by atoms with Crippen molar-refractivity contribution < 1.29 is 0 Å². The molecule has 1 spiro atoms. The molecule has 12 rings (SSSR count). The largest absolute Gasteiger partial charge is 0.310 e. The van der Waals surface area contributed by atoms with Crippen LogP contribution in [0.2, 0.25) is 0 Å². The predicted molar refractivity (Wildman–Crippen MR) is 256 cm³/mol. The fourth-order valence-electron chi connectivity index (χ4n) is 12.3. The van der Waals surface area contributed by atoms with Gasteiger partial charge in [-0.2, -0.15) is 0 Å². The van der Waals surface area contributed by atoms with Crippen LogP contribution in [-0.4, -0.2) is 0 Å². The van der Waals surface area contributed by atoms with Gasteiger partial charge in [-0.05, 0) is 133 Å². The SMILES string of the molecule is CC1(C)c2ccccc2-c2ccc(-c3ccc(N(c4ccc5c(c4)-c4ccccc4C54CCCCC4)c4ccccc4-c4cccc5c4-c4ccccc4C5(C)C)cc3)cc21. The average Bonchev–Trinajstić information content (AvgIpc) is 3.81. The van der Waals surface area contributed by atoms with Gasteiger partial charge in [0.1, 0.15) is 0 Å². The molecule has 0 aliphatic heterocycles. The quantitative estimate of drug-likeness (QED) is 0.168. The van der Waals surface area contributed by atoms with E-state index in [1.54, 1.807) is 0 Å². The Balaban J connectivity index is 1.03. The van der Waals surface area contributed by atoms with E-state index in [0.29, 0.717) is 0 Å². The molecule has 4 aliphatic carbocycles. The summed E-state index contributed by atoms with van der Waals surface area (Å²) in [5.41, 5.74) is 25.4. The van der Waals surface area contributed by atoms with E-state index in [1.165, 1.54) is 132 Å². The molecule has 0 unspecified atom stereocenters. The second-order valence-corrected chi connectivity index (χ2v) is 19.1. The summed E-state index contributed by atoms with van der Waals surface area (Å²) in [6.07, 6.45) is 6.37. The van der Waals surface area contributed by atoms with E-state index in [2.05, 4.69) is 209 Å². The van der Waals surface area contributed by atoms with E-state index in [0.717, 1.165) is 5.69 Å². The lowest BCUT2D eigenvalue weighted by atomic mass is 9.68. The van der Waals surface area contributed by atoms with Crippen molar-refractivity contribution in [3.63, 3.8) is 0 Å². The monoisotopic (exact) mass is 785 g/mol. The molecular weight excluding hydrogens is 735 g/mol. The third-order valence-electron chi connectivity index (χ3n) is 15.3. The molecular formula is C60H51N. The summed E-state index contributed by atoms with van der Waals surface area (Å²) in [4.78, 5) is 2.53. The molecule has 4 aliphatic rings. The predicted octanol–water partition coefficient (Wildman–Crippen LogP) is 16.3. The highest BCUT2D eigenvalue weighted by atomic mass is 15.1. The summed E-state index contributed by atoms with van der Waals surface area (Å²) >= 11 is 0. The Morgan fingerprint density at radius 1 is 0.344 bits per heavy atom. The van der Waals surface area contributed by atoms with Gasteiger partial charge in [-0.15, -0.1) is 0 Å². The van der Waals surface area contributed by atoms with Crippen molar-refractivity contribution in [2.75, 3.05) is 4.90 Å². The van der Waals surface area contributed by atoms with Crippen molar-refractivity contribution in [3.05, 3.63) is 209 Å². The van der Waals surface area contributed by atoms with Gasteiger partial charge in [0.15, 0.2) is 0 Å². The fourth-order valence-corrected chi connectivity index (χ4v) is 12.3. The van der Waals surface area contributed by atoms with Gasteiger partial charge in [0.2, 0.25) is 0 Å². The highest BCUT2D eigenvalue weighted by Gasteiger charge is 2.44. The van der Waals surface area contributed by atoms with Gasteiger partial charge in [-0.25, -0.2) is 0 Å². The Morgan fingerprint density at radius 2 is 0.869 bits per heavy atom. The zero-order chi connectivity index (χ0) is 41.1. The van der Waals surface area contributed by atoms with Crippen LogP contribution in [0, 0.1) is 0 Å². The first-order valence-corrected chi connectivity index (χ1v) is 22.5. The number of para-hydroxylation sites is 1. The number of rotatable bonds is 5. The number of fused-ring (bicyclic) bond motifs is 11. The van der Waals surface area contributed by atoms with Crippen LogP contribution in [-0.2, 0) is 16.2 Å². The third-order valence-corrected chi connectivity index (χ3v) is 15.3. The minimum atomic E-state index is -0.0790. The van der Waals surface area contributed by atoms with Crippen molar-refractivity contribution in [3.8, 4) is 55.6 Å². The molecule has 0 amide bonds. The molecule has 1 nitrogen and oxygen atoms in total. The van der Waals surface area contributed by atoms with Gasteiger partial charge in [-0.1, -0.05) is 186 Å². The lowest BCUT2D eigenvalue weighted by Gasteiger charge is -2.36. The van der Waals surface area contributed by atoms with Crippen LogP contribution in [0.4, 0.5) is 17.1 Å². The lowest BCUT2D eigenvalue weighted by Crippen LogP contribution is -2.28. The number of nitrogens with zero attached hydrogens (tertiary/aromatic N) is 1. The Bertz CT molecular complexity index is 3060. The highest BCUT2D eigenvalue weighted by Crippen LogP contribution is 2.58. The average molecular weight is 786 g/mol. The van der Waals surface area contributed by atoms with Crippen LogP contribution in [0.5, 0.6) is 0 Å². The fraction of sp³-hybridized carbons (Fsp3) is 0.200. The Hall–Kier alpha value is -6.44. The van der Waals surface area contributed by atoms with Gasteiger partial charge >= 0.3 is 0 Å². The molecule has 61 heavy (non-hydrogen) atoms. The minimum Gasteiger partial charge on any atom is -0.310 e. The summed E-state index contributed by atoms with van der Waals surface area (Å²) in [6, 6.07) is 67.1. The Morgan fingerprint density at radius 3 is 1.62 bits per heavy atom. The van der Waals surface area contributed by atoms with Crippen molar-refractivity contribution in [2.45, 2.75) is 76.0 Å². The number of hydrogen-bond donors (Lipinski definition) is 0. The summed E-state index contributed by atoms with van der Waals surface area (Å²) in [5.74, 6) is 0. The van der Waals surface area contributed by atoms with Crippen molar-refractivity contribution in [1.29, 1.82) is 0 Å². The van der Waals surface area contributed by atoms with Crippen LogP contribution in [0.3, 0.4) is 0 Å². The van der Waals surface area contributed by atoms with E-state index >= 15 is 0 Å². The van der Waals surface area contributed by atoms with Crippen LogP contribution in [0.15, 0.2) is 176 Å².